The minimum Gasteiger partial charge on any atom is -0.455 e. The van der Waals surface area contributed by atoms with E-state index < -0.39 is 0 Å². The Bertz CT molecular complexity index is 2820. The summed E-state index contributed by atoms with van der Waals surface area (Å²) in [5.41, 5.74) is 13.6. The quantitative estimate of drug-likeness (QED) is 0.166. The van der Waals surface area contributed by atoms with Crippen molar-refractivity contribution in [3.63, 3.8) is 0 Å². The smallest absolute Gasteiger partial charge is 0.167 e. The first-order chi connectivity index (χ1) is 27.2. The predicted octanol–water partition coefficient (Wildman–Crippen LogP) is 13.4. The van der Waals surface area contributed by atoms with Crippen molar-refractivity contribution in [2.45, 2.75) is 0 Å². The Labute approximate surface area is 319 Å². The number of benzene rings is 8. The lowest BCUT2D eigenvalue weighted by molar-refractivity contribution is 0.669. The molecule has 0 radical (unpaired) electrons. The summed E-state index contributed by atoms with van der Waals surface area (Å²) in [6, 6.07) is 69.5. The van der Waals surface area contributed by atoms with E-state index >= 15 is 0 Å². The molecule has 0 atom stereocenters. The van der Waals surface area contributed by atoms with Crippen LogP contribution in [0.25, 0.3) is 101 Å². The van der Waals surface area contributed by atoms with Gasteiger partial charge in [-0.25, -0.2) is 15.0 Å². The van der Waals surface area contributed by atoms with Crippen molar-refractivity contribution in [1.82, 2.24) is 15.0 Å². The number of furan rings is 1. The molecule has 0 aliphatic rings. The molecule has 0 saturated heterocycles. The third-order valence-corrected chi connectivity index (χ3v) is 10.1. The lowest BCUT2D eigenvalue weighted by Gasteiger charge is -2.12. The van der Waals surface area contributed by atoms with E-state index in [2.05, 4.69) is 127 Å². The van der Waals surface area contributed by atoms with Crippen LogP contribution in [-0.2, 0) is 0 Å². The van der Waals surface area contributed by atoms with Gasteiger partial charge in [-0.1, -0.05) is 164 Å². The van der Waals surface area contributed by atoms with Gasteiger partial charge in [-0.2, -0.15) is 0 Å². The number of nitrogens with zero attached hydrogens (tertiary/aromatic N) is 3. The van der Waals surface area contributed by atoms with Crippen LogP contribution in [0.1, 0.15) is 0 Å². The van der Waals surface area contributed by atoms with Gasteiger partial charge in [-0.05, 0) is 80.9 Å². The fourth-order valence-electron chi connectivity index (χ4n) is 7.33. The molecule has 0 amide bonds. The van der Waals surface area contributed by atoms with Gasteiger partial charge in [0.15, 0.2) is 17.5 Å². The van der Waals surface area contributed by atoms with Crippen LogP contribution in [-0.4, -0.2) is 15.0 Å². The van der Waals surface area contributed by atoms with Gasteiger partial charge in [0.1, 0.15) is 11.2 Å². The Morgan fingerprint density at radius 2 is 0.691 bits per heavy atom. The summed E-state index contributed by atoms with van der Waals surface area (Å²) in [6.45, 7) is 0. The summed E-state index contributed by atoms with van der Waals surface area (Å²) in [6.07, 6.45) is 0. The minimum atomic E-state index is 0.569. The zero-order valence-corrected chi connectivity index (χ0v) is 29.8. The van der Waals surface area contributed by atoms with Crippen LogP contribution in [0.3, 0.4) is 0 Å². The van der Waals surface area contributed by atoms with Crippen LogP contribution >= 0.6 is 0 Å². The second kappa shape index (κ2) is 13.8. The van der Waals surface area contributed by atoms with Crippen molar-refractivity contribution in [3.8, 4) is 78.7 Å². The molecule has 4 heteroatoms. The molecule has 2 heterocycles. The van der Waals surface area contributed by atoms with E-state index in [1.165, 1.54) is 27.8 Å². The van der Waals surface area contributed by atoms with Crippen molar-refractivity contribution in [1.29, 1.82) is 0 Å². The Morgan fingerprint density at radius 1 is 0.273 bits per heavy atom. The first-order valence-electron chi connectivity index (χ1n) is 18.4. The van der Waals surface area contributed by atoms with Crippen molar-refractivity contribution in [3.05, 3.63) is 200 Å². The van der Waals surface area contributed by atoms with Gasteiger partial charge in [0, 0.05) is 21.9 Å². The van der Waals surface area contributed by atoms with Gasteiger partial charge in [-0.15, -0.1) is 0 Å². The van der Waals surface area contributed by atoms with E-state index in [4.69, 9.17) is 19.4 Å². The highest BCUT2D eigenvalue weighted by molar-refractivity contribution is 6.10. The summed E-state index contributed by atoms with van der Waals surface area (Å²) in [5, 5.41) is 2.06. The molecule has 2 aromatic heterocycles. The Morgan fingerprint density at radius 3 is 1.20 bits per heavy atom. The molecule has 0 aliphatic carbocycles. The fraction of sp³-hybridized carbons (Fsp3) is 0. The SMILES string of the molecule is c1ccc(-c2cc(-c3ccccc3)cc(-c3ccc(-c4ccc5c(c4)oc4c(-c6nc(-c7ccccc7)nc(-c7ccccc7)n6)cccc45)cc3)c2)cc1. The van der Waals surface area contributed by atoms with Gasteiger partial charge in [0.2, 0.25) is 0 Å². The van der Waals surface area contributed by atoms with Crippen molar-refractivity contribution in [2.75, 3.05) is 0 Å². The van der Waals surface area contributed by atoms with Crippen LogP contribution in [0, 0.1) is 0 Å². The Kier molecular flexibility index (Phi) is 8.12. The third kappa shape index (κ3) is 6.26. The normalized spacial score (nSPS) is 11.3. The number of fused-ring (bicyclic) bond motifs is 3. The van der Waals surface area contributed by atoms with Gasteiger partial charge in [0.25, 0.3) is 0 Å². The first-order valence-corrected chi connectivity index (χ1v) is 18.4. The highest BCUT2D eigenvalue weighted by Crippen LogP contribution is 2.38. The molecule has 0 bridgehead atoms. The monoisotopic (exact) mass is 703 g/mol. The van der Waals surface area contributed by atoms with E-state index in [0.717, 1.165) is 55.3 Å². The minimum absolute atomic E-state index is 0.569. The molecule has 0 spiro atoms. The van der Waals surface area contributed by atoms with E-state index in [-0.39, 0.29) is 0 Å². The molecule has 4 nitrogen and oxygen atoms in total. The van der Waals surface area contributed by atoms with Gasteiger partial charge in [0.05, 0.1) is 5.56 Å². The summed E-state index contributed by atoms with van der Waals surface area (Å²) < 4.78 is 6.69. The first kappa shape index (κ1) is 32.2. The summed E-state index contributed by atoms with van der Waals surface area (Å²) in [4.78, 5) is 14.8. The molecule has 0 N–H and O–H groups in total. The Hall–Kier alpha value is -7.43. The highest BCUT2D eigenvalue weighted by atomic mass is 16.3. The average Bonchev–Trinajstić information content (AvgIpc) is 3.66. The van der Waals surface area contributed by atoms with E-state index in [9.17, 15) is 0 Å². The molecule has 8 aromatic carbocycles. The van der Waals surface area contributed by atoms with E-state index in [0.29, 0.717) is 17.5 Å². The second-order valence-electron chi connectivity index (χ2n) is 13.6. The standard InChI is InChI=1S/C51H33N3O/c1-5-14-34(15-6-1)41-30-42(35-16-7-2-8-17-35)32-43(31-41)37-26-24-36(25-27-37)40-28-29-44-45-22-13-23-46(48(45)55-47(44)33-40)51-53-49(38-18-9-3-10-19-38)52-50(54-51)39-20-11-4-12-21-39/h1-33H. The summed E-state index contributed by atoms with van der Waals surface area (Å²) >= 11 is 0. The summed E-state index contributed by atoms with van der Waals surface area (Å²) in [5.74, 6) is 1.80. The van der Waals surface area contributed by atoms with Crippen LogP contribution in [0.2, 0.25) is 0 Å². The number of rotatable bonds is 7. The van der Waals surface area contributed by atoms with Crippen molar-refractivity contribution in [2.24, 2.45) is 0 Å². The fourth-order valence-corrected chi connectivity index (χ4v) is 7.33. The molecule has 0 saturated carbocycles. The third-order valence-electron chi connectivity index (χ3n) is 10.1. The van der Waals surface area contributed by atoms with E-state index in [1.54, 1.807) is 0 Å². The van der Waals surface area contributed by atoms with Crippen molar-refractivity contribution < 1.29 is 4.42 Å². The number of aromatic nitrogens is 3. The lowest BCUT2D eigenvalue weighted by atomic mass is 9.92. The zero-order chi connectivity index (χ0) is 36.6. The van der Waals surface area contributed by atoms with Crippen LogP contribution in [0.15, 0.2) is 205 Å². The van der Waals surface area contributed by atoms with Gasteiger partial charge >= 0.3 is 0 Å². The maximum Gasteiger partial charge on any atom is 0.167 e. The van der Waals surface area contributed by atoms with Gasteiger partial charge in [-0.3, -0.25) is 0 Å². The lowest BCUT2D eigenvalue weighted by Crippen LogP contribution is -2.00. The molecular formula is C51H33N3O. The largest absolute Gasteiger partial charge is 0.455 e. The van der Waals surface area contributed by atoms with Crippen molar-refractivity contribution >= 4 is 21.9 Å². The summed E-state index contributed by atoms with van der Waals surface area (Å²) in [7, 11) is 0. The predicted molar refractivity (Wildman–Crippen MR) is 225 cm³/mol. The van der Waals surface area contributed by atoms with Crippen LogP contribution in [0.4, 0.5) is 0 Å². The zero-order valence-electron chi connectivity index (χ0n) is 29.8. The maximum atomic E-state index is 6.69. The number of para-hydroxylation sites is 1. The average molecular weight is 704 g/mol. The van der Waals surface area contributed by atoms with E-state index in [1.807, 2.05) is 72.8 Å². The molecule has 10 rings (SSSR count). The van der Waals surface area contributed by atoms with Crippen LogP contribution < -0.4 is 0 Å². The maximum absolute atomic E-state index is 6.69. The number of hydrogen-bond donors (Lipinski definition) is 0. The Balaban J connectivity index is 1.03. The molecule has 258 valence electrons. The second-order valence-corrected chi connectivity index (χ2v) is 13.6. The van der Waals surface area contributed by atoms with Gasteiger partial charge < -0.3 is 4.42 Å². The molecular weight excluding hydrogens is 671 g/mol. The van der Waals surface area contributed by atoms with Crippen LogP contribution in [0.5, 0.6) is 0 Å². The molecule has 0 unspecified atom stereocenters. The molecule has 55 heavy (non-hydrogen) atoms. The molecule has 0 aliphatic heterocycles. The molecule has 0 fully saturated rings. The topological polar surface area (TPSA) is 51.8 Å². The molecule has 10 aromatic rings. The highest BCUT2D eigenvalue weighted by Gasteiger charge is 2.18. The number of hydrogen-bond acceptors (Lipinski definition) is 4.